The zero-order valence-electron chi connectivity index (χ0n) is 6.63. The third-order valence-electron chi connectivity index (χ3n) is 2.02. The Bertz CT molecular complexity index is 339. The zero-order valence-corrected chi connectivity index (χ0v) is 8.14. The smallest absolute Gasteiger partial charge is 0.147 e. The van der Waals surface area contributed by atoms with E-state index < -0.39 is 5.60 Å². The normalized spacial score (nSPS) is 19.6. The lowest BCUT2D eigenvalue weighted by atomic mass is 9.94. The first kappa shape index (κ1) is 9.21. The van der Waals surface area contributed by atoms with E-state index in [9.17, 15) is 5.11 Å². The van der Waals surface area contributed by atoms with Crippen LogP contribution in [0.4, 0.5) is 0 Å². The van der Waals surface area contributed by atoms with Gasteiger partial charge in [-0.3, -0.25) is 0 Å². The van der Waals surface area contributed by atoms with E-state index in [0.717, 1.165) is 0 Å². The van der Waals surface area contributed by atoms with Crippen molar-refractivity contribution in [3.05, 3.63) is 28.0 Å². The highest BCUT2D eigenvalue weighted by molar-refractivity contribution is 6.41. The minimum Gasteiger partial charge on any atom is -0.380 e. The van der Waals surface area contributed by atoms with E-state index in [0.29, 0.717) is 10.6 Å². The number of hydrogen-bond acceptors (Lipinski definition) is 3. The van der Waals surface area contributed by atoms with Crippen molar-refractivity contribution >= 4 is 23.2 Å². The minimum atomic E-state index is -0.929. The average Bonchev–Trinajstić information content (AvgIpc) is 2.06. The van der Waals surface area contributed by atoms with Gasteiger partial charge in [0, 0.05) is 11.8 Å². The number of pyridine rings is 1. The van der Waals surface area contributed by atoms with Gasteiger partial charge in [0.2, 0.25) is 0 Å². The largest absolute Gasteiger partial charge is 0.380 e. The van der Waals surface area contributed by atoms with Crippen molar-refractivity contribution in [3.8, 4) is 0 Å². The third-order valence-corrected chi connectivity index (χ3v) is 2.70. The fourth-order valence-electron chi connectivity index (χ4n) is 1.14. The van der Waals surface area contributed by atoms with Crippen LogP contribution in [0, 0.1) is 0 Å². The predicted octanol–water partition coefficient (Wildman–Crippen LogP) is 1.61. The van der Waals surface area contributed by atoms with Crippen LogP contribution in [-0.4, -0.2) is 23.3 Å². The maximum atomic E-state index is 9.83. The highest BCUT2D eigenvalue weighted by atomic mass is 35.5. The molecular weight excluding hydrogens is 213 g/mol. The number of nitrogens with zero attached hydrogens (tertiary/aromatic N) is 1. The van der Waals surface area contributed by atoms with Gasteiger partial charge in [0.05, 0.1) is 18.2 Å². The van der Waals surface area contributed by atoms with Crippen molar-refractivity contribution in [2.45, 2.75) is 5.60 Å². The Morgan fingerprint density at radius 1 is 1.46 bits per heavy atom. The lowest BCUT2D eigenvalue weighted by molar-refractivity contribution is -0.184. The first-order valence-corrected chi connectivity index (χ1v) is 4.49. The first-order valence-electron chi connectivity index (χ1n) is 3.73. The van der Waals surface area contributed by atoms with Crippen LogP contribution >= 0.6 is 23.2 Å². The molecule has 2 rings (SSSR count). The highest BCUT2D eigenvalue weighted by Crippen LogP contribution is 2.31. The molecule has 0 saturated carbocycles. The van der Waals surface area contributed by atoms with Gasteiger partial charge in [0.25, 0.3) is 0 Å². The molecule has 1 aromatic rings. The fraction of sp³-hybridized carbons (Fsp3) is 0.375. The molecule has 0 atom stereocenters. The standard InChI is InChI=1S/C8H7Cl2NO2/c9-6-1-5(2-11-7(6)10)8(12)3-13-4-8/h1-2,12H,3-4H2. The molecule has 1 N–H and O–H groups in total. The number of aliphatic hydroxyl groups is 1. The van der Waals surface area contributed by atoms with E-state index in [1.54, 1.807) is 6.07 Å². The summed E-state index contributed by atoms with van der Waals surface area (Å²) in [5, 5.41) is 10.4. The molecule has 0 aliphatic carbocycles. The van der Waals surface area contributed by atoms with Gasteiger partial charge < -0.3 is 9.84 Å². The SMILES string of the molecule is OC1(c2cnc(Cl)c(Cl)c2)COC1. The summed E-state index contributed by atoms with van der Waals surface area (Å²) in [6, 6.07) is 1.61. The second kappa shape index (κ2) is 3.10. The van der Waals surface area contributed by atoms with Crippen LogP contribution in [-0.2, 0) is 10.3 Å². The highest BCUT2D eigenvalue weighted by Gasteiger charge is 2.38. The van der Waals surface area contributed by atoms with Crippen LogP contribution in [0.15, 0.2) is 12.3 Å². The molecule has 0 radical (unpaired) electrons. The Morgan fingerprint density at radius 2 is 2.15 bits per heavy atom. The summed E-state index contributed by atoms with van der Waals surface area (Å²) < 4.78 is 4.91. The number of aromatic nitrogens is 1. The average molecular weight is 220 g/mol. The predicted molar refractivity (Wildman–Crippen MR) is 49.0 cm³/mol. The maximum absolute atomic E-state index is 9.83. The molecule has 0 spiro atoms. The van der Waals surface area contributed by atoms with Crippen LogP contribution < -0.4 is 0 Å². The molecule has 70 valence electrons. The molecule has 5 heteroatoms. The summed E-state index contributed by atoms with van der Waals surface area (Å²) in [6.07, 6.45) is 1.51. The van der Waals surface area contributed by atoms with Crippen LogP contribution in [0.3, 0.4) is 0 Å². The first-order chi connectivity index (χ1) is 6.12. The Kier molecular flexibility index (Phi) is 2.20. The van der Waals surface area contributed by atoms with Crippen LogP contribution in [0.2, 0.25) is 10.2 Å². The monoisotopic (exact) mass is 219 g/mol. The molecule has 2 heterocycles. The van der Waals surface area contributed by atoms with Gasteiger partial charge in [-0.1, -0.05) is 23.2 Å². The van der Waals surface area contributed by atoms with Crippen LogP contribution in [0.25, 0.3) is 0 Å². The molecule has 1 saturated heterocycles. The molecule has 0 aromatic carbocycles. The Balaban J connectivity index is 2.36. The van der Waals surface area contributed by atoms with Gasteiger partial charge in [-0.05, 0) is 6.07 Å². The molecular formula is C8H7Cl2NO2. The van der Waals surface area contributed by atoms with Gasteiger partial charge in [-0.2, -0.15) is 0 Å². The van der Waals surface area contributed by atoms with Gasteiger partial charge in [0.15, 0.2) is 0 Å². The quantitative estimate of drug-likeness (QED) is 0.731. The maximum Gasteiger partial charge on any atom is 0.147 e. The lowest BCUT2D eigenvalue weighted by Crippen LogP contribution is -2.46. The summed E-state index contributed by atoms with van der Waals surface area (Å²) in [5.74, 6) is 0. The van der Waals surface area contributed by atoms with Crippen molar-refractivity contribution in [2.75, 3.05) is 13.2 Å². The molecule has 1 aliphatic heterocycles. The summed E-state index contributed by atoms with van der Waals surface area (Å²) in [4.78, 5) is 3.84. The zero-order chi connectivity index (χ0) is 9.47. The molecule has 1 fully saturated rings. The molecule has 1 aromatic heterocycles. The number of hydrogen-bond donors (Lipinski definition) is 1. The summed E-state index contributed by atoms with van der Waals surface area (Å²) in [5.41, 5.74) is -0.283. The van der Waals surface area contributed by atoms with Crippen molar-refractivity contribution in [1.29, 1.82) is 0 Å². The van der Waals surface area contributed by atoms with E-state index in [2.05, 4.69) is 4.98 Å². The second-order valence-electron chi connectivity index (χ2n) is 3.02. The molecule has 3 nitrogen and oxygen atoms in total. The van der Waals surface area contributed by atoms with E-state index in [1.807, 2.05) is 0 Å². The van der Waals surface area contributed by atoms with Crippen LogP contribution in [0.1, 0.15) is 5.56 Å². The van der Waals surface area contributed by atoms with Gasteiger partial charge in [-0.25, -0.2) is 4.98 Å². The topological polar surface area (TPSA) is 42.4 Å². The Morgan fingerprint density at radius 3 is 2.62 bits per heavy atom. The van der Waals surface area contributed by atoms with E-state index >= 15 is 0 Å². The van der Waals surface area contributed by atoms with Crippen molar-refractivity contribution in [2.24, 2.45) is 0 Å². The summed E-state index contributed by atoms with van der Waals surface area (Å²) in [7, 11) is 0. The molecule has 0 amide bonds. The lowest BCUT2D eigenvalue weighted by Gasteiger charge is -2.36. The third kappa shape index (κ3) is 1.53. The molecule has 0 unspecified atom stereocenters. The molecule has 13 heavy (non-hydrogen) atoms. The van der Waals surface area contributed by atoms with Crippen molar-refractivity contribution in [1.82, 2.24) is 4.98 Å². The fourth-order valence-corrected chi connectivity index (χ4v) is 1.41. The molecule has 0 bridgehead atoms. The minimum absolute atomic E-state index is 0.245. The summed E-state index contributed by atoms with van der Waals surface area (Å²) >= 11 is 11.4. The van der Waals surface area contributed by atoms with Crippen molar-refractivity contribution < 1.29 is 9.84 Å². The molecule has 1 aliphatic rings. The van der Waals surface area contributed by atoms with E-state index in [1.165, 1.54) is 6.20 Å². The Hall–Kier alpha value is -0.350. The van der Waals surface area contributed by atoms with Crippen molar-refractivity contribution in [3.63, 3.8) is 0 Å². The van der Waals surface area contributed by atoms with Gasteiger partial charge in [-0.15, -0.1) is 0 Å². The van der Waals surface area contributed by atoms with Gasteiger partial charge >= 0.3 is 0 Å². The second-order valence-corrected chi connectivity index (χ2v) is 3.79. The van der Waals surface area contributed by atoms with E-state index in [-0.39, 0.29) is 18.4 Å². The Labute approximate surface area is 85.3 Å². The number of ether oxygens (including phenoxy) is 1. The number of rotatable bonds is 1. The van der Waals surface area contributed by atoms with Gasteiger partial charge in [0.1, 0.15) is 10.8 Å². The van der Waals surface area contributed by atoms with E-state index in [4.69, 9.17) is 27.9 Å². The summed E-state index contributed by atoms with van der Waals surface area (Å²) in [6.45, 7) is 0.569. The van der Waals surface area contributed by atoms with Crippen LogP contribution in [0.5, 0.6) is 0 Å². The number of halogens is 2.